The second-order valence-electron chi connectivity index (χ2n) is 6.02. The highest BCUT2D eigenvalue weighted by molar-refractivity contribution is 9.10. The summed E-state index contributed by atoms with van der Waals surface area (Å²) in [5.41, 5.74) is 2.67. The third-order valence-corrected chi connectivity index (χ3v) is 5.02. The number of amides is 1. The number of carbonyl (C=O) groups excluding carboxylic acids is 1. The van der Waals surface area contributed by atoms with Crippen LogP contribution in [0.1, 0.15) is 16.8 Å². The maximum absolute atomic E-state index is 12.8. The number of anilines is 2. The number of benzene rings is 2. The van der Waals surface area contributed by atoms with E-state index in [-0.39, 0.29) is 17.9 Å². The first kappa shape index (κ1) is 21.8. The van der Waals surface area contributed by atoms with Crippen LogP contribution in [0.2, 0.25) is 0 Å². The van der Waals surface area contributed by atoms with E-state index in [9.17, 15) is 23.1 Å². The van der Waals surface area contributed by atoms with Gasteiger partial charge in [-0.3, -0.25) is 4.79 Å². The van der Waals surface area contributed by atoms with Gasteiger partial charge in [0.1, 0.15) is 5.75 Å². The summed E-state index contributed by atoms with van der Waals surface area (Å²) < 4.78 is 39.1. The molecule has 11 heteroatoms. The monoisotopic (exact) mass is 498 g/mol. The standard InChI is InChI=1S/C19H14BrF3N4O2S/c20-13-4-5-16(28)11(6-13)9-24-27-17(29)8-15-10-30-18(26-15)25-14-3-1-2-12(7-14)19(21,22)23/h1-7,9-10,28H,8H2,(H,25,26)(H,27,29)/b24-9-. The molecule has 6 nitrogen and oxygen atoms in total. The topological polar surface area (TPSA) is 86.6 Å². The molecule has 0 aliphatic heterocycles. The summed E-state index contributed by atoms with van der Waals surface area (Å²) >= 11 is 4.44. The second kappa shape index (κ2) is 9.26. The van der Waals surface area contributed by atoms with E-state index < -0.39 is 17.6 Å². The fraction of sp³-hybridized carbons (Fsp3) is 0.105. The average molecular weight is 499 g/mol. The third kappa shape index (κ3) is 6.04. The van der Waals surface area contributed by atoms with E-state index >= 15 is 0 Å². The lowest BCUT2D eigenvalue weighted by molar-refractivity contribution is -0.137. The zero-order valence-corrected chi connectivity index (χ0v) is 17.5. The van der Waals surface area contributed by atoms with Crippen molar-refractivity contribution in [3.8, 4) is 5.75 Å². The van der Waals surface area contributed by atoms with Gasteiger partial charge >= 0.3 is 6.18 Å². The van der Waals surface area contributed by atoms with E-state index in [4.69, 9.17) is 0 Å². The molecule has 1 amide bonds. The highest BCUT2D eigenvalue weighted by Gasteiger charge is 2.30. The molecule has 0 saturated carbocycles. The molecule has 0 fully saturated rings. The number of phenols is 1. The van der Waals surface area contributed by atoms with Gasteiger partial charge in [0.05, 0.1) is 23.9 Å². The fourth-order valence-electron chi connectivity index (χ4n) is 2.35. The zero-order chi connectivity index (χ0) is 21.7. The largest absolute Gasteiger partial charge is 0.507 e. The fourth-order valence-corrected chi connectivity index (χ4v) is 3.46. The number of thiazole rings is 1. The SMILES string of the molecule is O=C(Cc1csc(Nc2cccc(C(F)(F)F)c2)n1)N/N=C\c1cc(Br)ccc1O. The van der Waals surface area contributed by atoms with Crippen LogP contribution in [0, 0.1) is 0 Å². The predicted molar refractivity (Wildman–Crippen MR) is 112 cm³/mol. The van der Waals surface area contributed by atoms with Crippen LogP contribution in [0.15, 0.2) is 57.4 Å². The molecule has 3 rings (SSSR count). The Morgan fingerprint density at radius 1 is 1.27 bits per heavy atom. The molecule has 0 bridgehead atoms. The van der Waals surface area contributed by atoms with Gasteiger partial charge in [0.2, 0.25) is 5.91 Å². The van der Waals surface area contributed by atoms with Crippen LogP contribution in [-0.2, 0) is 17.4 Å². The molecule has 2 aromatic carbocycles. The summed E-state index contributed by atoms with van der Waals surface area (Å²) in [7, 11) is 0. The molecule has 156 valence electrons. The van der Waals surface area contributed by atoms with Gasteiger partial charge < -0.3 is 10.4 Å². The summed E-state index contributed by atoms with van der Waals surface area (Å²) in [4.78, 5) is 16.2. The lowest BCUT2D eigenvalue weighted by atomic mass is 10.2. The molecular formula is C19H14BrF3N4O2S. The first-order valence-corrected chi connectivity index (χ1v) is 10.1. The molecule has 0 radical (unpaired) electrons. The van der Waals surface area contributed by atoms with Crippen LogP contribution in [0.3, 0.4) is 0 Å². The number of nitrogens with zero attached hydrogens (tertiary/aromatic N) is 2. The summed E-state index contributed by atoms with van der Waals surface area (Å²) in [6, 6.07) is 9.55. The van der Waals surface area contributed by atoms with Gasteiger partial charge in [0, 0.05) is 21.1 Å². The molecule has 0 aliphatic carbocycles. The molecule has 0 atom stereocenters. The molecule has 0 aliphatic rings. The normalized spacial score (nSPS) is 11.6. The van der Waals surface area contributed by atoms with Gasteiger partial charge in [-0.1, -0.05) is 22.0 Å². The number of aromatic nitrogens is 1. The van der Waals surface area contributed by atoms with Crippen molar-refractivity contribution < 1.29 is 23.1 Å². The molecule has 3 N–H and O–H groups in total. The highest BCUT2D eigenvalue weighted by atomic mass is 79.9. The molecule has 0 unspecified atom stereocenters. The molecule has 0 spiro atoms. The zero-order valence-electron chi connectivity index (χ0n) is 15.1. The minimum Gasteiger partial charge on any atom is -0.507 e. The third-order valence-electron chi connectivity index (χ3n) is 3.72. The van der Waals surface area contributed by atoms with Crippen LogP contribution in [0.4, 0.5) is 24.0 Å². The van der Waals surface area contributed by atoms with Crippen molar-refractivity contribution in [1.29, 1.82) is 0 Å². The van der Waals surface area contributed by atoms with Crippen molar-refractivity contribution in [2.75, 3.05) is 5.32 Å². The number of nitrogens with one attached hydrogen (secondary N) is 2. The smallest absolute Gasteiger partial charge is 0.416 e. The van der Waals surface area contributed by atoms with Crippen molar-refractivity contribution in [1.82, 2.24) is 10.4 Å². The van der Waals surface area contributed by atoms with Gasteiger partial charge in [-0.05, 0) is 36.4 Å². The number of aromatic hydroxyl groups is 1. The number of hydrogen-bond donors (Lipinski definition) is 3. The minimum absolute atomic E-state index is 0.0148. The molecule has 0 saturated heterocycles. The summed E-state index contributed by atoms with van der Waals surface area (Å²) in [6.07, 6.45) is -3.20. The quantitative estimate of drug-likeness (QED) is 0.327. The Bertz CT molecular complexity index is 1090. The van der Waals surface area contributed by atoms with Crippen molar-refractivity contribution >= 4 is 50.2 Å². The lowest BCUT2D eigenvalue weighted by Crippen LogP contribution is -2.19. The van der Waals surface area contributed by atoms with Crippen LogP contribution in [-0.4, -0.2) is 22.2 Å². The Morgan fingerprint density at radius 2 is 2.07 bits per heavy atom. The maximum atomic E-state index is 12.8. The first-order valence-electron chi connectivity index (χ1n) is 8.40. The van der Waals surface area contributed by atoms with E-state index in [2.05, 4.69) is 36.8 Å². The molecule has 30 heavy (non-hydrogen) atoms. The number of alkyl halides is 3. The molecule has 1 aromatic heterocycles. The van der Waals surface area contributed by atoms with Gasteiger partial charge in [-0.25, -0.2) is 10.4 Å². The molecule has 1 heterocycles. The van der Waals surface area contributed by atoms with Gasteiger partial charge in [0.25, 0.3) is 0 Å². The lowest BCUT2D eigenvalue weighted by Gasteiger charge is -2.08. The summed E-state index contributed by atoms with van der Waals surface area (Å²) in [6.45, 7) is 0. The average Bonchev–Trinajstić information content (AvgIpc) is 3.10. The van der Waals surface area contributed by atoms with Gasteiger partial charge in [-0.2, -0.15) is 18.3 Å². The van der Waals surface area contributed by atoms with E-state index in [0.29, 0.717) is 16.4 Å². The highest BCUT2D eigenvalue weighted by Crippen LogP contribution is 2.31. The second-order valence-corrected chi connectivity index (χ2v) is 7.79. The van der Waals surface area contributed by atoms with E-state index in [1.165, 1.54) is 24.4 Å². The van der Waals surface area contributed by atoms with E-state index in [0.717, 1.165) is 27.9 Å². The first-order chi connectivity index (χ1) is 14.2. The summed E-state index contributed by atoms with van der Waals surface area (Å²) in [5, 5.41) is 18.3. The van der Waals surface area contributed by atoms with E-state index in [1.54, 1.807) is 17.5 Å². The van der Waals surface area contributed by atoms with Crippen LogP contribution < -0.4 is 10.7 Å². The van der Waals surface area contributed by atoms with Crippen LogP contribution in [0.25, 0.3) is 0 Å². The van der Waals surface area contributed by atoms with Gasteiger partial charge in [0.15, 0.2) is 5.13 Å². The number of carbonyl (C=O) groups is 1. The Morgan fingerprint density at radius 3 is 2.83 bits per heavy atom. The Hall–Kier alpha value is -2.92. The van der Waals surface area contributed by atoms with Crippen molar-refractivity contribution in [3.63, 3.8) is 0 Å². The molecule has 3 aromatic rings. The summed E-state index contributed by atoms with van der Waals surface area (Å²) in [5.74, 6) is -0.419. The predicted octanol–water partition coefficient (Wildman–Crippen LogP) is 5.07. The van der Waals surface area contributed by atoms with Crippen molar-refractivity contribution in [3.05, 3.63) is 69.1 Å². The number of rotatable bonds is 6. The Labute approximate surface area is 181 Å². The van der Waals surface area contributed by atoms with Crippen molar-refractivity contribution in [2.45, 2.75) is 12.6 Å². The molecular weight excluding hydrogens is 485 g/mol. The minimum atomic E-state index is -4.43. The van der Waals surface area contributed by atoms with E-state index in [1.807, 2.05) is 0 Å². The van der Waals surface area contributed by atoms with Gasteiger partial charge in [-0.15, -0.1) is 11.3 Å². The Balaban J connectivity index is 1.57. The number of phenolic OH excluding ortho intramolecular Hbond substituents is 1. The number of hydrogen-bond acceptors (Lipinski definition) is 6. The Kier molecular flexibility index (Phi) is 6.73. The number of hydrazone groups is 1. The van der Waals surface area contributed by atoms with Crippen molar-refractivity contribution in [2.24, 2.45) is 5.10 Å². The number of halogens is 4. The van der Waals surface area contributed by atoms with Crippen LogP contribution in [0.5, 0.6) is 5.75 Å². The van der Waals surface area contributed by atoms with Crippen LogP contribution >= 0.6 is 27.3 Å². The maximum Gasteiger partial charge on any atom is 0.416 e.